The fourth-order valence-electron chi connectivity index (χ4n) is 2.95. The van der Waals surface area contributed by atoms with E-state index in [2.05, 4.69) is 10.6 Å². The van der Waals surface area contributed by atoms with E-state index >= 15 is 0 Å². The highest BCUT2D eigenvalue weighted by Gasteiger charge is 2.15. The van der Waals surface area contributed by atoms with Gasteiger partial charge in [-0.2, -0.15) is 0 Å². The summed E-state index contributed by atoms with van der Waals surface area (Å²) in [6, 6.07) is 23.9. The SMILES string of the molecule is COc1ccc(/C=C/C(=O)Nc2ccccc2C(=O)NC(C)c2ccccc2)cc1. The zero-order valence-electron chi connectivity index (χ0n) is 17.0. The molecule has 0 fully saturated rings. The normalized spacial score (nSPS) is 11.7. The van der Waals surface area contributed by atoms with Gasteiger partial charge in [0.2, 0.25) is 5.91 Å². The topological polar surface area (TPSA) is 67.4 Å². The Labute approximate surface area is 176 Å². The van der Waals surface area contributed by atoms with Crippen LogP contribution in [0, 0.1) is 0 Å². The van der Waals surface area contributed by atoms with Crippen LogP contribution >= 0.6 is 0 Å². The van der Waals surface area contributed by atoms with E-state index in [1.165, 1.54) is 6.08 Å². The van der Waals surface area contributed by atoms with Crippen LogP contribution < -0.4 is 15.4 Å². The summed E-state index contributed by atoms with van der Waals surface area (Å²) in [6.07, 6.45) is 3.14. The Hall–Kier alpha value is -3.86. The molecule has 30 heavy (non-hydrogen) atoms. The van der Waals surface area contributed by atoms with Gasteiger partial charge in [0.15, 0.2) is 0 Å². The largest absolute Gasteiger partial charge is 0.497 e. The maximum Gasteiger partial charge on any atom is 0.253 e. The number of rotatable bonds is 7. The molecule has 0 saturated heterocycles. The lowest BCUT2D eigenvalue weighted by molar-refractivity contribution is -0.111. The molecule has 0 spiro atoms. The third-order valence-electron chi connectivity index (χ3n) is 4.62. The third kappa shape index (κ3) is 5.58. The van der Waals surface area contributed by atoms with Crippen LogP contribution in [-0.4, -0.2) is 18.9 Å². The second kappa shape index (κ2) is 10.1. The molecular formula is C25H24N2O3. The van der Waals surface area contributed by atoms with E-state index in [1.807, 2.05) is 61.5 Å². The monoisotopic (exact) mass is 400 g/mol. The molecule has 0 bridgehead atoms. The average Bonchev–Trinajstić information content (AvgIpc) is 2.79. The molecule has 0 aliphatic carbocycles. The Morgan fingerprint density at radius 1 is 0.900 bits per heavy atom. The molecule has 2 N–H and O–H groups in total. The van der Waals surface area contributed by atoms with Crippen molar-refractivity contribution in [2.45, 2.75) is 13.0 Å². The Morgan fingerprint density at radius 2 is 1.57 bits per heavy atom. The van der Waals surface area contributed by atoms with Gasteiger partial charge in [-0.1, -0.05) is 54.6 Å². The first-order valence-electron chi connectivity index (χ1n) is 9.65. The molecule has 1 unspecified atom stereocenters. The number of methoxy groups -OCH3 is 1. The summed E-state index contributed by atoms with van der Waals surface area (Å²) >= 11 is 0. The van der Waals surface area contributed by atoms with Crippen LogP contribution in [0.15, 0.2) is 84.9 Å². The highest BCUT2D eigenvalue weighted by molar-refractivity contribution is 6.07. The number of para-hydroxylation sites is 1. The Bertz CT molecular complexity index is 1030. The number of carbonyl (C=O) groups excluding carboxylic acids is 2. The molecule has 0 aliphatic rings. The van der Waals surface area contributed by atoms with E-state index < -0.39 is 0 Å². The molecule has 1 atom stereocenters. The summed E-state index contributed by atoms with van der Waals surface area (Å²) in [7, 11) is 1.60. The summed E-state index contributed by atoms with van der Waals surface area (Å²) in [6.45, 7) is 1.92. The van der Waals surface area contributed by atoms with E-state index in [4.69, 9.17) is 4.74 Å². The summed E-state index contributed by atoms with van der Waals surface area (Å²) in [5.74, 6) is 0.185. The first kappa shape index (κ1) is 20.9. The molecule has 5 nitrogen and oxygen atoms in total. The van der Waals surface area contributed by atoms with Gasteiger partial charge in [-0.3, -0.25) is 9.59 Å². The standard InChI is InChI=1S/C25H24N2O3/c1-18(20-8-4-3-5-9-20)26-25(29)22-10-6-7-11-23(22)27-24(28)17-14-19-12-15-21(30-2)16-13-19/h3-18H,1-2H3,(H,26,29)(H,27,28)/b17-14+. The minimum absolute atomic E-state index is 0.155. The van der Waals surface area contributed by atoms with Crippen molar-refractivity contribution in [1.82, 2.24) is 5.32 Å². The molecule has 2 amide bonds. The molecule has 3 aromatic carbocycles. The molecule has 3 rings (SSSR count). The average molecular weight is 400 g/mol. The van der Waals surface area contributed by atoms with Crippen molar-refractivity contribution in [3.8, 4) is 5.75 Å². The summed E-state index contributed by atoms with van der Waals surface area (Å²) in [4.78, 5) is 25.2. The fourth-order valence-corrected chi connectivity index (χ4v) is 2.95. The summed E-state index contributed by atoms with van der Waals surface area (Å²) in [5.41, 5.74) is 2.74. The van der Waals surface area contributed by atoms with Crippen molar-refractivity contribution in [3.05, 3.63) is 102 Å². The van der Waals surface area contributed by atoms with E-state index in [0.717, 1.165) is 16.9 Å². The Kier molecular flexibility index (Phi) is 7.00. The highest BCUT2D eigenvalue weighted by Crippen LogP contribution is 2.18. The van der Waals surface area contributed by atoms with E-state index in [9.17, 15) is 9.59 Å². The predicted molar refractivity (Wildman–Crippen MR) is 119 cm³/mol. The molecule has 152 valence electrons. The van der Waals surface area contributed by atoms with Crippen LogP contribution in [0.5, 0.6) is 5.75 Å². The van der Waals surface area contributed by atoms with Gasteiger partial charge in [0.05, 0.1) is 24.4 Å². The van der Waals surface area contributed by atoms with Crippen LogP contribution in [0.2, 0.25) is 0 Å². The predicted octanol–water partition coefficient (Wildman–Crippen LogP) is 4.84. The van der Waals surface area contributed by atoms with Crippen molar-refractivity contribution in [3.63, 3.8) is 0 Å². The lowest BCUT2D eigenvalue weighted by Gasteiger charge is -2.16. The number of anilines is 1. The molecule has 5 heteroatoms. The minimum atomic E-state index is -0.317. The number of hydrogen-bond acceptors (Lipinski definition) is 3. The first-order chi connectivity index (χ1) is 14.6. The zero-order chi connectivity index (χ0) is 21.3. The molecule has 0 radical (unpaired) electrons. The van der Waals surface area contributed by atoms with Crippen LogP contribution in [0.25, 0.3) is 6.08 Å². The van der Waals surface area contributed by atoms with Crippen molar-refractivity contribution in [2.24, 2.45) is 0 Å². The van der Waals surface area contributed by atoms with Gasteiger partial charge in [0, 0.05) is 6.08 Å². The van der Waals surface area contributed by atoms with E-state index in [-0.39, 0.29) is 17.9 Å². The summed E-state index contributed by atoms with van der Waals surface area (Å²) < 4.78 is 5.12. The van der Waals surface area contributed by atoms with Gasteiger partial charge in [0.1, 0.15) is 5.75 Å². The van der Waals surface area contributed by atoms with Gasteiger partial charge < -0.3 is 15.4 Å². The molecule has 0 saturated carbocycles. The number of amides is 2. The highest BCUT2D eigenvalue weighted by atomic mass is 16.5. The van der Waals surface area contributed by atoms with Crippen molar-refractivity contribution in [1.29, 1.82) is 0 Å². The maximum atomic E-state index is 12.8. The van der Waals surface area contributed by atoms with Crippen molar-refractivity contribution >= 4 is 23.6 Å². The lowest BCUT2D eigenvalue weighted by Crippen LogP contribution is -2.27. The van der Waals surface area contributed by atoms with E-state index in [1.54, 1.807) is 37.5 Å². The van der Waals surface area contributed by atoms with Crippen molar-refractivity contribution in [2.75, 3.05) is 12.4 Å². The fraction of sp³-hybridized carbons (Fsp3) is 0.120. The van der Waals surface area contributed by atoms with Gasteiger partial charge in [-0.15, -0.1) is 0 Å². The summed E-state index contributed by atoms with van der Waals surface area (Å²) in [5, 5.41) is 5.76. The number of ether oxygens (including phenoxy) is 1. The Balaban J connectivity index is 1.67. The molecule has 0 heterocycles. The van der Waals surface area contributed by atoms with Crippen LogP contribution in [-0.2, 0) is 4.79 Å². The lowest BCUT2D eigenvalue weighted by atomic mass is 10.1. The second-order valence-electron chi connectivity index (χ2n) is 6.75. The number of hydrogen-bond donors (Lipinski definition) is 2. The molecule has 0 aliphatic heterocycles. The first-order valence-corrected chi connectivity index (χ1v) is 9.65. The van der Waals surface area contributed by atoms with Crippen molar-refractivity contribution < 1.29 is 14.3 Å². The van der Waals surface area contributed by atoms with Crippen LogP contribution in [0.3, 0.4) is 0 Å². The quantitative estimate of drug-likeness (QED) is 0.558. The van der Waals surface area contributed by atoms with Gasteiger partial charge in [0.25, 0.3) is 5.91 Å². The molecular weight excluding hydrogens is 376 g/mol. The van der Waals surface area contributed by atoms with E-state index in [0.29, 0.717) is 11.3 Å². The number of carbonyl (C=O) groups is 2. The molecule has 0 aromatic heterocycles. The van der Waals surface area contributed by atoms with Gasteiger partial charge in [-0.05, 0) is 48.4 Å². The maximum absolute atomic E-state index is 12.8. The third-order valence-corrected chi connectivity index (χ3v) is 4.62. The van der Waals surface area contributed by atoms with Crippen LogP contribution in [0.4, 0.5) is 5.69 Å². The smallest absolute Gasteiger partial charge is 0.253 e. The van der Waals surface area contributed by atoms with Gasteiger partial charge in [-0.25, -0.2) is 0 Å². The molecule has 3 aromatic rings. The van der Waals surface area contributed by atoms with Crippen LogP contribution in [0.1, 0.15) is 34.5 Å². The number of nitrogens with one attached hydrogen (secondary N) is 2. The Morgan fingerprint density at radius 3 is 2.27 bits per heavy atom. The second-order valence-corrected chi connectivity index (χ2v) is 6.75. The zero-order valence-corrected chi connectivity index (χ0v) is 17.0. The minimum Gasteiger partial charge on any atom is -0.497 e. The number of benzene rings is 3. The van der Waals surface area contributed by atoms with Gasteiger partial charge >= 0.3 is 0 Å².